The third-order valence-electron chi connectivity index (χ3n) is 7.29. The van der Waals surface area contributed by atoms with Crippen molar-refractivity contribution in [2.75, 3.05) is 11.9 Å². The summed E-state index contributed by atoms with van der Waals surface area (Å²) >= 11 is 12.8. The highest BCUT2D eigenvalue weighted by Crippen LogP contribution is 2.55. The lowest BCUT2D eigenvalue weighted by molar-refractivity contribution is -0.136. The van der Waals surface area contributed by atoms with Crippen LogP contribution < -0.4 is 10.2 Å². The van der Waals surface area contributed by atoms with Crippen molar-refractivity contribution in [3.05, 3.63) is 34.1 Å². The Morgan fingerprint density at radius 2 is 2.03 bits per heavy atom. The number of anilines is 2. The van der Waals surface area contributed by atoms with Gasteiger partial charge >= 0.3 is 0 Å². The second-order valence-corrected chi connectivity index (χ2v) is 10.2. The van der Waals surface area contributed by atoms with E-state index >= 15 is 0 Å². The van der Waals surface area contributed by atoms with Crippen LogP contribution in [0.3, 0.4) is 0 Å². The number of hydrogen-bond donors (Lipinski definition) is 2. The first-order valence-electron chi connectivity index (χ1n) is 10.9. The van der Waals surface area contributed by atoms with E-state index in [1.165, 1.54) is 0 Å². The van der Waals surface area contributed by atoms with Crippen molar-refractivity contribution in [1.82, 2.24) is 20.1 Å². The molecular weight excluding hydrogens is 437 g/mol. The maximum atomic E-state index is 13.2. The summed E-state index contributed by atoms with van der Waals surface area (Å²) in [6.45, 7) is 2.50. The van der Waals surface area contributed by atoms with E-state index in [0.29, 0.717) is 46.0 Å². The van der Waals surface area contributed by atoms with Crippen molar-refractivity contribution in [2.24, 2.45) is 17.8 Å². The highest BCUT2D eigenvalue weighted by Gasteiger charge is 2.55. The third kappa shape index (κ3) is 3.60. The van der Waals surface area contributed by atoms with Crippen molar-refractivity contribution < 1.29 is 9.90 Å². The molecule has 4 bridgehead atoms. The summed E-state index contributed by atoms with van der Waals surface area (Å²) in [6, 6.07) is 3.52. The molecule has 4 saturated carbocycles. The predicted molar refractivity (Wildman–Crippen MR) is 120 cm³/mol. The fraction of sp³-hybridized carbons (Fsp3) is 0.591. The van der Waals surface area contributed by atoms with Gasteiger partial charge in [0.1, 0.15) is 10.8 Å². The lowest BCUT2D eigenvalue weighted by atomic mass is 9.52. The Morgan fingerprint density at radius 1 is 1.32 bits per heavy atom. The smallest absolute Gasteiger partial charge is 0.273 e. The number of nitrogens with one attached hydrogen (secondary N) is 1. The van der Waals surface area contributed by atoms with Crippen LogP contribution in [0.4, 0.5) is 11.6 Å². The summed E-state index contributed by atoms with van der Waals surface area (Å²) in [5.41, 5.74) is -0.307. The Bertz CT molecular complexity index is 1010. The molecule has 2 aromatic heterocycles. The summed E-state index contributed by atoms with van der Waals surface area (Å²) in [6.07, 6.45) is 6.25. The average Bonchev–Trinajstić information content (AvgIpc) is 3.05. The number of hydrogen-bond acceptors (Lipinski definition) is 5. The van der Waals surface area contributed by atoms with Crippen LogP contribution >= 0.6 is 23.2 Å². The molecule has 4 fully saturated rings. The molecule has 9 heteroatoms. The van der Waals surface area contributed by atoms with E-state index in [1.54, 1.807) is 27.9 Å². The minimum atomic E-state index is -0.529. The molecule has 2 heterocycles. The van der Waals surface area contributed by atoms with E-state index in [9.17, 15) is 9.90 Å². The Labute approximate surface area is 191 Å². The zero-order valence-corrected chi connectivity index (χ0v) is 19.2. The fourth-order valence-corrected chi connectivity index (χ4v) is 6.74. The van der Waals surface area contributed by atoms with Crippen molar-refractivity contribution in [2.45, 2.75) is 57.2 Å². The number of rotatable bonds is 5. The minimum absolute atomic E-state index is 0.0722. The first kappa shape index (κ1) is 21.0. The van der Waals surface area contributed by atoms with Crippen LogP contribution in [-0.2, 0) is 6.54 Å². The van der Waals surface area contributed by atoms with Crippen LogP contribution in [0.15, 0.2) is 18.3 Å². The zero-order chi connectivity index (χ0) is 21.9. The number of amides is 1. The van der Waals surface area contributed by atoms with E-state index < -0.39 is 5.60 Å². The summed E-state index contributed by atoms with van der Waals surface area (Å²) in [5.74, 6) is 2.20. The van der Waals surface area contributed by atoms with E-state index in [-0.39, 0.29) is 17.6 Å². The molecule has 4 aliphatic carbocycles. The number of aryl methyl sites for hydroxylation is 1. The molecular formula is C22H27Cl2N5O2. The molecule has 5 atom stereocenters. The molecule has 7 nitrogen and oxygen atoms in total. The van der Waals surface area contributed by atoms with Gasteiger partial charge in [-0.05, 0) is 68.9 Å². The number of nitrogens with zero attached hydrogens (tertiary/aromatic N) is 4. The van der Waals surface area contributed by atoms with Crippen LogP contribution in [0.2, 0.25) is 10.0 Å². The van der Waals surface area contributed by atoms with Gasteiger partial charge in [0.2, 0.25) is 0 Å². The highest BCUT2D eigenvalue weighted by atomic mass is 35.5. The molecule has 0 aliphatic heterocycles. The van der Waals surface area contributed by atoms with E-state index in [2.05, 4.69) is 15.4 Å². The molecule has 1 amide bonds. The van der Waals surface area contributed by atoms with Gasteiger partial charge in [0.15, 0.2) is 11.5 Å². The van der Waals surface area contributed by atoms with Crippen molar-refractivity contribution in [3.63, 3.8) is 0 Å². The molecule has 166 valence electrons. The number of pyridine rings is 1. The molecule has 0 radical (unpaired) electrons. The van der Waals surface area contributed by atoms with Gasteiger partial charge in [0.05, 0.1) is 5.60 Å². The zero-order valence-electron chi connectivity index (χ0n) is 17.7. The average molecular weight is 464 g/mol. The third-order valence-corrected chi connectivity index (χ3v) is 7.87. The molecule has 3 unspecified atom stereocenters. The molecule has 0 saturated heterocycles. The van der Waals surface area contributed by atoms with Gasteiger partial charge < -0.3 is 15.3 Å². The minimum Gasteiger partial charge on any atom is -0.390 e. The maximum Gasteiger partial charge on any atom is 0.273 e. The molecule has 31 heavy (non-hydrogen) atoms. The van der Waals surface area contributed by atoms with Crippen molar-refractivity contribution in [3.8, 4) is 0 Å². The number of aromatic nitrogens is 3. The van der Waals surface area contributed by atoms with E-state index in [4.69, 9.17) is 23.2 Å². The van der Waals surface area contributed by atoms with Gasteiger partial charge in [-0.25, -0.2) is 9.67 Å². The second kappa shape index (κ2) is 7.64. The van der Waals surface area contributed by atoms with Crippen LogP contribution in [0, 0.1) is 17.8 Å². The second-order valence-electron chi connectivity index (χ2n) is 9.39. The lowest BCUT2D eigenvalue weighted by Gasteiger charge is -2.58. The lowest BCUT2D eigenvalue weighted by Crippen LogP contribution is -2.61. The quantitative estimate of drug-likeness (QED) is 0.698. The fourth-order valence-electron chi connectivity index (χ4n) is 6.24. The molecule has 6 rings (SSSR count). The number of carbonyl (C=O) groups excluding carboxylic acids is 1. The highest BCUT2D eigenvalue weighted by molar-refractivity contribution is 6.36. The normalized spacial score (nSPS) is 31.1. The summed E-state index contributed by atoms with van der Waals surface area (Å²) in [4.78, 5) is 19.4. The van der Waals surface area contributed by atoms with Gasteiger partial charge in [-0.3, -0.25) is 4.79 Å². The van der Waals surface area contributed by atoms with Crippen LogP contribution in [-0.4, -0.2) is 44.5 Å². The SMILES string of the molecule is CCn1nc(C(=O)NC2[C@@H]3CC4C[C@H]2CC(O)(C4)C3)c(Cl)c1N(C)c1cc(Cl)ccn1. The first-order chi connectivity index (χ1) is 14.8. The number of halogens is 2. The van der Waals surface area contributed by atoms with Crippen LogP contribution in [0.25, 0.3) is 0 Å². The van der Waals surface area contributed by atoms with Gasteiger partial charge in [0, 0.05) is 30.9 Å². The Kier molecular flexibility index (Phi) is 5.19. The number of aliphatic hydroxyl groups is 1. The Balaban J connectivity index is 1.40. The Hall–Kier alpha value is -1.83. The van der Waals surface area contributed by atoms with Crippen LogP contribution in [0.1, 0.15) is 49.5 Å². The number of carbonyl (C=O) groups is 1. The monoisotopic (exact) mass is 463 g/mol. The molecule has 2 aromatic rings. The first-order valence-corrected chi connectivity index (χ1v) is 11.7. The van der Waals surface area contributed by atoms with Gasteiger partial charge in [0.25, 0.3) is 5.91 Å². The topological polar surface area (TPSA) is 83.3 Å². The van der Waals surface area contributed by atoms with Crippen molar-refractivity contribution in [1.29, 1.82) is 0 Å². The van der Waals surface area contributed by atoms with Gasteiger partial charge in [-0.1, -0.05) is 23.2 Å². The van der Waals surface area contributed by atoms with Gasteiger partial charge in [-0.2, -0.15) is 5.10 Å². The van der Waals surface area contributed by atoms with Crippen molar-refractivity contribution >= 4 is 40.7 Å². The van der Waals surface area contributed by atoms with Gasteiger partial charge in [-0.15, -0.1) is 0 Å². The predicted octanol–water partition coefficient (Wildman–Crippen LogP) is 4.04. The summed E-state index contributed by atoms with van der Waals surface area (Å²) in [7, 11) is 1.83. The van der Waals surface area contributed by atoms with E-state index in [0.717, 1.165) is 32.1 Å². The standard InChI is InChI=1S/C22H27Cl2N5O2/c1-3-29-21(28(2)16-8-15(23)4-5-25-16)17(24)19(27-29)20(30)26-18-13-6-12-7-14(18)11-22(31,9-12)10-13/h4-5,8,12-14,18,31H,3,6-7,9-11H2,1-2H3,(H,26,30)/t12?,13-,14+,18?,22?. The summed E-state index contributed by atoms with van der Waals surface area (Å²) < 4.78 is 1.71. The van der Waals surface area contributed by atoms with Crippen LogP contribution in [0.5, 0.6) is 0 Å². The van der Waals surface area contributed by atoms with E-state index in [1.807, 2.05) is 14.0 Å². The largest absolute Gasteiger partial charge is 0.390 e. The Morgan fingerprint density at radius 3 is 2.65 bits per heavy atom. The summed E-state index contributed by atoms with van der Waals surface area (Å²) in [5, 5.41) is 19.4. The molecule has 0 aromatic carbocycles. The molecule has 4 aliphatic rings. The molecule has 0 spiro atoms. The molecule has 2 N–H and O–H groups in total. The maximum absolute atomic E-state index is 13.2.